The summed E-state index contributed by atoms with van der Waals surface area (Å²) in [5.74, 6) is 0.571. The second-order valence-electron chi connectivity index (χ2n) is 3.59. The predicted molar refractivity (Wildman–Crippen MR) is 60.7 cm³/mol. The van der Waals surface area contributed by atoms with Crippen molar-refractivity contribution in [3.63, 3.8) is 0 Å². The molecule has 0 saturated carbocycles. The molecule has 1 atom stereocenters. The molecule has 5 heteroatoms. The molecule has 15 heavy (non-hydrogen) atoms. The van der Waals surface area contributed by atoms with E-state index in [1.807, 2.05) is 6.92 Å². The van der Waals surface area contributed by atoms with Gasteiger partial charge in [0.15, 0.2) is 0 Å². The molecule has 3 N–H and O–H groups in total. The van der Waals surface area contributed by atoms with E-state index in [2.05, 4.69) is 34.3 Å². The van der Waals surface area contributed by atoms with Gasteiger partial charge in [0, 0.05) is 12.6 Å². The lowest BCUT2D eigenvalue weighted by Gasteiger charge is -2.09. The molecule has 0 bridgehead atoms. The van der Waals surface area contributed by atoms with Gasteiger partial charge in [-0.15, -0.1) is 5.10 Å². The summed E-state index contributed by atoms with van der Waals surface area (Å²) in [6, 6.07) is 0.0875. The Morgan fingerprint density at radius 3 is 2.40 bits per heavy atom. The molecule has 0 spiro atoms. The predicted octanol–water partition coefficient (Wildman–Crippen LogP) is 0.755. The number of anilines is 1. The van der Waals surface area contributed by atoms with Crippen LogP contribution >= 0.6 is 0 Å². The number of nitrogens with zero attached hydrogens (tertiary/aromatic N) is 3. The smallest absolute Gasteiger partial charge is 0.243 e. The molecule has 1 unspecified atom stereocenters. The summed E-state index contributed by atoms with van der Waals surface area (Å²) in [4.78, 5) is 4.39. The van der Waals surface area contributed by atoms with Crippen molar-refractivity contribution < 1.29 is 0 Å². The average Bonchev–Trinajstić information content (AvgIpc) is 2.25. The molecule has 1 aromatic heterocycles. The third kappa shape index (κ3) is 3.43. The van der Waals surface area contributed by atoms with Crippen LogP contribution in [-0.4, -0.2) is 27.8 Å². The number of nitrogens with one attached hydrogen (secondary N) is 1. The van der Waals surface area contributed by atoms with Gasteiger partial charge in [0.2, 0.25) is 5.95 Å². The van der Waals surface area contributed by atoms with Crippen molar-refractivity contribution >= 4 is 5.95 Å². The molecule has 84 valence electrons. The number of aryl methyl sites for hydroxylation is 2. The highest BCUT2D eigenvalue weighted by Crippen LogP contribution is 2.06. The van der Waals surface area contributed by atoms with Crippen molar-refractivity contribution in [1.29, 1.82) is 0 Å². The van der Waals surface area contributed by atoms with Crippen LogP contribution in [0.4, 0.5) is 5.95 Å². The summed E-state index contributed by atoms with van der Waals surface area (Å²) < 4.78 is 0. The van der Waals surface area contributed by atoms with Gasteiger partial charge in [-0.25, -0.2) is 4.98 Å². The second kappa shape index (κ2) is 5.60. The molecule has 1 rings (SSSR count). The van der Waals surface area contributed by atoms with Crippen LogP contribution in [0.1, 0.15) is 32.2 Å². The van der Waals surface area contributed by atoms with Crippen LogP contribution in [0.15, 0.2) is 0 Å². The maximum atomic E-state index is 5.63. The molecule has 5 nitrogen and oxygen atoms in total. The molecular weight excluding hydrogens is 190 g/mol. The van der Waals surface area contributed by atoms with Crippen LogP contribution in [0.25, 0.3) is 0 Å². The number of aromatic nitrogens is 3. The van der Waals surface area contributed by atoms with Gasteiger partial charge < -0.3 is 11.1 Å². The van der Waals surface area contributed by atoms with Gasteiger partial charge in [0.25, 0.3) is 0 Å². The Morgan fingerprint density at radius 2 is 1.87 bits per heavy atom. The molecule has 0 aromatic carbocycles. The van der Waals surface area contributed by atoms with Crippen LogP contribution in [0.2, 0.25) is 0 Å². The topological polar surface area (TPSA) is 76.7 Å². The molecule has 0 aliphatic carbocycles. The van der Waals surface area contributed by atoms with Crippen molar-refractivity contribution in [1.82, 2.24) is 15.2 Å². The summed E-state index contributed by atoms with van der Waals surface area (Å²) in [6.07, 6.45) is 1.75. The van der Waals surface area contributed by atoms with Crippen LogP contribution in [0, 0.1) is 0 Å². The van der Waals surface area contributed by atoms with Crippen molar-refractivity contribution in [3.8, 4) is 0 Å². The standard InChI is InChI=1S/C10H19N5/c1-4-8-9(5-2)14-15-10(13-8)12-6-7(3)11/h7H,4-6,11H2,1-3H3,(H,12,13,15). The van der Waals surface area contributed by atoms with E-state index in [9.17, 15) is 0 Å². The third-order valence-corrected chi connectivity index (χ3v) is 2.09. The summed E-state index contributed by atoms with van der Waals surface area (Å²) >= 11 is 0. The largest absolute Gasteiger partial charge is 0.351 e. The average molecular weight is 209 g/mol. The van der Waals surface area contributed by atoms with Crippen LogP contribution < -0.4 is 11.1 Å². The molecule has 0 aliphatic rings. The quantitative estimate of drug-likeness (QED) is 0.748. The minimum atomic E-state index is 0.0875. The minimum Gasteiger partial charge on any atom is -0.351 e. The summed E-state index contributed by atoms with van der Waals surface area (Å²) in [6.45, 7) is 6.72. The van der Waals surface area contributed by atoms with E-state index in [1.165, 1.54) is 0 Å². The lowest BCUT2D eigenvalue weighted by atomic mass is 10.2. The fourth-order valence-corrected chi connectivity index (χ4v) is 1.27. The van der Waals surface area contributed by atoms with Gasteiger partial charge in [-0.2, -0.15) is 5.10 Å². The number of hydrogen-bond acceptors (Lipinski definition) is 5. The Labute approximate surface area is 90.5 Å². The third-order valence-electron chi connectivity index (χ3n) is 2.09. The van der Waals surface area contributed by atoms with Crippen molar-refractivity contribution in [2.45, 2.75) is 39.7 Å². The molecule has 0 amide bonds. The van der Waals surface area contributed by atoms with E-state index in [4.69, 9.17) is 5.73 Å². The minimum absolute atomic E-state index is 0.0875. The van der Waals surface area contributed by atoms with Gasteiger partial charge >= 0.3 is 0 Å². The molecule has 0 fully saturated rings. The van der Waals surface area contributed by atoms with Gasteiger partial charge in [-0.05, 0) is 19.8 Å². The Kier molecular flexibility index (Phi) is 4.42. The normalized spacial score (nSPS) is 12.5. The first-order chi connectivity index (χ1) is 7.17. The van der Waals surface area contributed by atoms with Gasteiger partial charge in [0.05, 0.1) is 11.4 Å². The summed E-state index contributed by atoms with van der Waals surface area (Å²) in [7, 11) is 0. The van der Waals surface area contributed by atoms with Crippen molar-refractivity contribution in [2.75, 3.05) is 11.9 Å². The highest BCUT2D eigenvalue weighted by atomic mass is 15.2. The first-order valence-electron chi connectivity index (χ1n) is 5.39. The highest BCUT2D eigenvalue weighted by Gasteiger charge is 2.05. The number of rotatable bonds is 5. The van der Waals surface area contributed by atoms with Gasteiger partial charge in [-0.1, -0.05) is 13.8 Å². The molecule has 1 heterocycles. The Bertz CT molecular complexity index is 311. The monoisotopic (exact) mass is 209 g/mol. The fraction of sp³-hybridized carbons (Fsp3) is 0.700. The maximum absolute atomic E-state index is 5.63. The SMILES string of the molecule is CCc1nnc(NCC(C)N)nc1CC. The van der Waals surface area contributed by atoms with Crippen molar-refractivity contribution in [3.05, 3.63) is 11.4 Å². The van der Waals surface area contributed by atoms with Crippen LogP contribution in [0.3, 0.4) is 0 Å². The van der Waals surface area contributed by atoms with Crippen LogP contribution in [0.5, 0.6) is 0 Å². The zero-order valence-corrected chi connectivity index (χ0v) is 9.62. The molecular formula is C10H19N5. The Balaban J connectivity index is 2.74. The number of hydrogen-bond donors (Lipinski definition) is 2. The van der Waals surface area contributed by atoms with E-state index in [0.29, 0.717) is 12.5 Å². The molecule has 0 aliphatic heterocycles. The summed E-state index contributed by atoms with van der Waals surface area (Å²) in [5.41, 5.74) is 7.62. The zero-order valence-electron chi connectivity index (χ0n) is 9.62. The Morgan fingerprint density at radius 1 is 1.20 bits per heavy atom. The summed E-state index contributed by atoms with van der Waals surface area (Å²) in [5, 5.41) is 11.2. The lowest BCUT2D eigenvalue weighted by Crippen LogP contribution is -2.26. The van der Waals surface area contributed by atoms with Crippen LogP contribution in [-0.2, 0) is 12.8 Å². The molecule has 0 radical (unpaired) electrons. The van der Waals surface area contributed by atoms with E-state index >= 15 is 0 Å². The zero-order chi connectivity index (χ0) is 11.3. The lowest BCUT2D eigenvalue weighted by molar-refractivity contribution is 0.758. The first kappa shape index (κ1) is 11.8. The van der Waals surface area contributed by atoms with Gasteiger partial charge in [0.1, 0.15) is 0 Å². The molecule has 1 aromatic rings. The Hall–Kier alpha value is -1.23. The van der Waals surface area contributed by atoms with E-state index < -0.39 is 0 Å². The highest BCUT2D eigenvalue weighted by molar-refractivity contribution is 5.25. The van der Waals surface area contributed by atoms with E-state index in [0.717, 1.165) is 24.2 Å². The van der Waals surface area contributed by atoms with E-state index in [-0.39, 0.29) is 6.04 Å². The second-order valence-corrected chi connectivity index (χ2v) is 3.59. The first-order valence-corrected chi connectivity index (χ1v) is 5.39. The molecule has 0 saturated heterocycles. The number of nitrogens with two attached hydrogens (primary N) is 1. The van der Waals surface area contributed by atoms with Gasteiger partial charge in [-0.3, -0.25) is 0 Å². The van der Waals surface area contributed by atoms with Crippen molar-refractivity contribution in [2.24, 2.45) is 5.73 Å². The van der Waals surface area contributed by atoms with E-state index in [1.54, 1.807) is 0 Å². The maximum Gasteiger partial charge on any atom is 0.243 e. The fourth-order valence-electron chi connectivity index (χ4n) is 1.27.